The highest BCUT2D eigenvalue weighted by molar-refractivity contribution is 5.72. The molecule has 2 unspecified atom stereocenters. The third-order valence-electron chi connectivity index (χ3n) is 6.06. The average Bonchev–Trinajstić information content (AvgIpc) is 2.65. The van der Waals surface area contributed by atoms with E-state index < -0.39 is 23.1 Å². The molecule has 1 aromatic carbocycles. The van der Waals surface area contributed by atoms with E-state index in [1.807, 2.05) is 13.8 Å². The van der Waals surface area contributed by atoms with Crippen LogP contribution in [0.4, 0.5) is 13.6 Å². The van der Waals surface area contributed by atoms with Crippen LogP contribution in [-0.2, 0) is 5.41 Å². The van der Waals surface area contributed by atoms with Gasteiger partial charge in [-0.05, 0) is 55.4 Å². The van der Waals surface area contributed by atoms with Gasteiger partial charge in [-0.2, -0.15) is 10.2 Å². The van der Waals surface area contributed by atoms with Crippen molar-refractivity contribution in [1.29, 1.82) is 0 Å². The van der Waals surface area contributed by atoms with E-state index in [9.17, 15) is 13.6 Å². The summed E-state index contributed by atoms with van der Waals surface area (Å²) >= 11 is 0. The van der Waals surface area contributed by atoms with Crippen molar-refractivity contribution in [1.82, 2.24) is 15.1 Å². The number of carbonyl (C=O) groups excluding carboxylic acids is 1. The Kier molecular flexibility index (Phi) is 5.87. The highest BCUT2D eigenvalue weighted by Crippen LogP contribution is 2.45. The number of likely N-dealkylation sites (N-methyl/N-ethyl adjacent to an activating group) is 1. The second-order valence-corrected chi connectivity index (χ2v) is 8.43. The van der Waals surface area contributed by atoms with Crippen molar-refractivity contribution in [3.63, 3.8) is 0 Å². The van der Waals surface area contributed by atoms with E-state index in [4.69, 9.17) is 5.73 Å². The second-order valence-electron chi connectivity index (χ2n) is 8.43. The Labute approximate surface area is 170 Å². The molecule has 2 amide bonds. The Morgan fingerprint density at radius 1 is 1.31 bits per heavy atom. The van der Waals surface area contributed by atoms with Crippen molar-refractivity contribution in [2.75, 3.05) is 13.1 Å². The average molecular weight is 402 g/mol. The van der Waals surface area contributed by atoms with Gasteiger partial charge in [0.1, 0.15) is 11.6 Å². The minimum absolute atomic E-state index is 0.162. The topological polar surface area (TPSA) is 72.1 Å². The fraction of sp³-hybridized carbons (Fsp3) is 0.500. The van der Waals surface area contributed by atoms with Crippen LogP contribution in [0.5, 0.6) is 0 Å². The van der Waals surface area contributed by atoms with Crippen LogP contribution in [-0.4, -0.2) is 34.2 Å². The van der Waals surface area contributed by atoms with Crippen molar-refractivity contribution >= 4 is 6.03 Å². The Balaban J connectivity index is 2.12. The van der Waals surface area contributed by atoms with Gasteiger partial charge >= 0.3 is 6.03 Å². The van der Waals surface area contributed by atoms with Gasteiger partial charge in [-0.1, -0.05) is 26.8 Å². The van der Waals surface area contributed by atoms with Gasteiger partial charge in [-0.15, -0.1) is 0 Å². The van der Waals surface area contributed by atoms with Crippen LogP contribution in [0.15, 0.2) is 24.3 Å². The van der Waals surface area contributed by atoms with Crippen molar-refractivity contribution in [2.24, 2.45) is 11.7 Å². The maximum atomic E-state index is 14.3. The normalized spacial score (nSPS) is 21.1. The molecular weight excluding hydrogens is 374 g/mol. The minimum atomic E-state index is -0.662. The Morgan fingerprint density at radius 3 is 2.52 bits per heavy atom. The van der Waals surface area contributed by atoms with Gasteiger partial charge in [0.2, 0.25) is 0 Å². The number of primary amides is 1. The van der Waals surface area contributed by atoms with E-state index in [1.54, 1.807) is 11.0 Å². The number of rotatable bonds is 5. The van der Waals surface area contributed by atoms with Crippen LogP contribution in [0.3, 0.4) is 0 Å². The van der Waals surface area contributed by atoms with Crippen molar-refractivity contribution < 1.29 is 13.6 Å². The first kappa shape index (κ1) is 21.1. The standard InChI is InChI=1S/C22H28F2N4O/c1-5-28(21(25)29)12-22(4)10-9-14(13(2)3)15-11-18(26-27-20(15)22)19-16(23)7-6-8-17(19)24/h6-8,11,13-14H,5,9-10,12H2,1-4H3,(H2,25,29). The molecule has 1 aromatic heterocycles. The van der Waals surface area contributed by atoms with Crippen molar-refractivity contribution in [2.45, 2.75) is 51.9 Å². The summed E-state index contributed by atoms with van der Waals surface area (Å²) in [6.07, 6.45) is 1.72. The molecular formula is C22H28F2N4O. The summed E-state index contributed by atoms with van der Waals surface area (Å²) in [6, 6.07) is 5.06. The van der Waals surface area contributed by atoms with Gasteiger partial charge in [0.25, 0.3) is 0 Å². The summed E-state index contributed by atoms with van der Waals surface area (Å²) in [5, 5.41) is 8.63. The summed E-state index contributed by atoms with van der Waals surface area (Å²) < 4.78 is 28.6. The van der Waals surface area contributed by atoms with Gasteiger partial charge in [-0.25, -0.2) is 13.6 Å². The van der Waals surface area contributed by atoms with E-state index in [0.717, 1.165) is 24.1 Å². The molecule has 2 N–H and O–H groups in total. The number of aromatic nitrogens is 2. The van der Waals surface area contributed by atoms with E-state index in [0.29, 0.717) is 19.0 Å². The predicted molar refractivity (Wildman–Crippen MR) is 108 cm³/mol. The first-order valence-corrected chi connectivity index (χ1v) is 10.0. The molecule has 1 aliphatic rings. The van der Waals surface area contributed by atoms with Gasteiger partial charge in [0, 0.05) is 18.5 Å². The number of carbonyl (C=O) groups is 1. The van der Waals surface area contributed by atoms with E-state index >= 15 is 0 Å². The van der Waals surface area contributed by atoms with Crippen molar-refractivity contribution in [3.8, 4) is 11.3 Å². The molecule has 0 bridgehead atoms. The zero-order valence-electron chi connectivity index (χ0n) is 17.4. The smallest absolute Gasteiger partial charge is 0.314 e. The molecule has 0 saturated heterocycles. The van der Waals surface area contributed by atoms with Crippen LogP contribution in [0, 0.1) is 17.6 Å². The lowest BCUT2D eigenvalue weighted by Crippen LogP contribution is -2.47. The molecule has 156 valence electrons. The summed E-state index contributed by atoms with van der Waals surface area (Å²) in [5.41, 5.74) is 6.85. The number of amides is 2. The Bertz CT molecular complexity index is 897. The lowest BCUT2D eigenvalue weighted by atomic mass is 9.67. The number of fused-ring (bicyclic) bond motifs is 1. The van der Waals surface area contributed by atoms with Crippen molar-refractivity contribution in [3.05, 3.63) is 47.2 Å². The molecule has 0 radical (unpaired) electrons. The number of benzene rings is 1. The van der Waals surface area contributed by atoms with Crippen LogP contribution >= 0.6 is 0 Å². The quantitative estimate of drug-likeness (QED) is 0.794. The summed E-state index contributed by atoms with van der Waals surface area (Å²) in [7, 11) is 0. The second kappa shape index (κ2) is 8.05. The summed E-state index contributed by atoms with van der Waals surface area (Å²) in [4.78, 5) is 13.4. The molecule has 3 rings (SSSR count). The summed E-state index contributed by atoms with van der Waals surface area (Å²) in [5.74, 6) is -0.792. The molecule has 7 heteroatoms. The van der Waals surface area contributed by atoms with E-state index in [-0.39, 0.29) is 17.2 Å². The van der Waals surface area contributed by atoms with E-state index in [2.05, 4.69) is 24.0 Å². The molecule has 2 atom stereocenters. The van der Waals surface area contributed by atoms with E-state index in [1.165, 1.54) is 18.2 Å². The van der Waals surface area contributed by atoms with Gasteiger partial charge < -0.3 is 10.6 Å². The highest BCUT2D eigenvalue weighted by Gasteiger charge is 2.41. The van der Waals surface area contributed by atoms with Crippen LogP contribution in [0.2, 0.25) is 0 Å². The SMILES string of the molecule is CCN(CC1(C)CCC(C(C)C)c2cc(-c3c(F)cccc3F)nnc21)C(N)=O. The van der Waals surface area contributed by atoms with Crippen LogP contribution in [0.1, 0.15) is 57.7 Å². The number of nitrogens with zero attached hydrogens (tertiary/aromatic N) is 3. The molecule has 1 aliphatic carbocycles. The molecule has 0 spiro atoms. The minimum Gasteiger partial charge on any atom is -0.351 e. The molecule has 5 nitrogen and oxygen atoms in total. The van der Waals surface area contributed by atoms with Crippen LogP contribution < -0.4 is 5.73 Å². The highest BCUT2D eigenvalue weighted by atomic mass is 19.1. The van der Waals surface area contributed by atoms with Gasteiger partial charge in [0.15, 0.2) is 0 Å². The fourth-order valence-corrected chi connectivity index (χ4v) is 4.38. The summed E-state index contributed by atoms with van der Waals surface area (Å²) in [6.45, 7) is 9.11. The monoisotopic (exact) mass is 402 g/mol. The number of nitrogens with two attached hydrogens (primary N) is 1. The lowest BCUT2D eigenvalue weighted by molar-refractivity contribution is 0.183. The largest absolute Gasteiger partial charge is 0.351 e. The predicted octanol–water partition coefficient (Wildman–Crippen LogP) is 4.61. The Morgan fingerprint density at radius 2 is 1.97 bits per heavy atom. The first-order valence-electron chi connectivity index (χ1n) is 10.0. The van der Waals surface area contributed by atoms with Gasteiger partial charge in [0.05, 0.1) is 17.0 Å². The van der Waals surface area contributed by atoms with Gasteiger partial charge in [-0.3, -0.25) is 0 Å². The number of hydrogen-bond acceptors (Lipinski definition) is 3. The Hall–Kier alpha value is -2.57. The molecule has 1 heterocycles. The molecule has 0 aliphatic heterocycles. The molecule has 29 heavy (non-hydrogen) atoms. The van der Waals surface area contributed by atoms with Crippen LogP contribution in [0.25, 0.3) is 11.3 Å². The first-order chi connectivity index (χ1) is 13.7. The molecule has 0 fully saturated rings. The maximum absolute atomic E-state index is 14.3. The fourth-order valence-electron chi connectivity index (χ4n) is 4.38. The zero-order chi connectivity index (χ0) is 21.3. The molecule has 0 saturated carbocycles. The number of hydrogen-bond donors (Lipinski definition) is 1. The third-order valence-corrected chi connectivity index (χ3v) is 6.06. The maximum Gasteiger partial charge on any atom is 0.314 e. The third kappa shape index (κ3) is 3.95. The number of urea groups is 1. The zero-order valence-corrected chi connectivity index (χ0v) is 17.4. The molecule has 2 aromatic rings. The lowest BCUT2D eigenvalue weighted by Gasteiger charge is -2.41. The number of halogens is 2.